The fourth-order valence-electron chi connectivity index (χ4n) is 4.42. The molecule has 0 saturated heterocycles. The van der Waals surface area contributed by atoms with E-state index in [0.29, 0.717) is 23.0 Å². The van der Waals surface area contributed by atoms with E-state index in [9.17, 15) is 19.1 Å². The summed E-state index contributed by atoms with van der Waals surface area (Å²) in [5.41, 5.74) is 5.91. The van der Waals surface area contributed by atoms with Crippen molar-refractivity contribution in [2.24, 2.45) is 17.6 Å². The van der Waals surface area contributed by atoms with E-state index < -0.39 is 29.5 Å². The van der Waals surface area contributed by atoms with Gasteiger partial charge in [0, 0.05) is 23.3 Å². The molecule has 4 N–H and O–H groups in total. The first-order valence-electron chi connectivity index (χ1n) is 12.1. The average Bonchev–Trinajstić information content (AvgIpc) is 3.23. The number of benzene rings is 2. The molecule has 4 rings (SSSR count). The van der Waals surface area contributed by atoms with Gasteiger partial charge < -0.3 is 24.9 Å². The highest BCUT2D eigenvalue weighted by Gasteiger charge is 2.32. The molecule has 10 heteroatoms. The first kappa shape index (κ1) is 26.6. The molecule has 2 atom stereocenters. The first-order valence-corrected chi connectivity index (χ1v) is 12.9. The summed E-state index contributed by atoms with van der Waals surface area (Å²) in [5, 5.41) is 18.6. The summed E-state index contributed by atoms with van der Waals surface area (Å²) < 4.78 is 25.5. The van der Waals surface area contributed by atoms with Crippen LogP contribution in [-0.2, 0) is 11.3 Å². The van der Waals surface area contributed by atoms with E-state index in [0.717, 1.165) is 25.7 Å². The summed E-state index contributed by atoms with van der Waals surface area (Å²) in [6.07, 6.45) is 3.76. The van der Waals surface area contributed by atoms with E-state index in [4.69, 9.17) is 19.8 Å². The Morgan fingerprint density at radius 3 is 2.70 bits per heavy atom. The maximum atomic E-state index is 14.1. The highest BCUT2D eigenvalue weighted by atomic mass is 32.2. The van der Waals surface area contributed by atoms with Gasteiger partial charge in [0.25, 0.3) is 5.91 Å². The summed E-state index contributed by atoms with van der Waals surface area (Å²) in [7, 11) is 0. The van der Waals surface area contributed by atoms with Gasteiger partial charge in [-0.25, -0.2) is 4.39 Å². The molecule has 1 fully saturated rings. The highest BCUT2D eigenvalue weighted by molar-refractivity contribution is 7.95. The van der Waals surface area contributed by atoms with Crippen LogP contribution in [0, 0.1) is 29.6 Å². The fraction of sp³-hybridized carbons (Fsp3) is 0.407. The number of carbonyl (C=O) groups excluding carboxylic acids is 1. The van der Waals surface area contributed by atoms with Crippen molar-refractivity contribution in [1.29, 1.82) is 0 Å². The number of hydrogen-bond donors (Lipinski definition) is 3. The minimum Gasteiger partial charge on any atom is -0.505 e. The van der Waals surface area contributed by atoms with Crippen molar-refractivity contribution < 1.29 is 33.1 Å². The van der Waals surface area contributed by atoms with Crippen LogP contribution in [0.1, 0.15) is 48.5 Å². The number of phenols is 1. The van der Waals surface area contributed by atoms with Gasteiger partial charge in [-0.1, -0.05) is 18.1 Å². The topological polar surface area (TPSA) is 122 Å². The zero-order chi connectivity index (χ0) is 26.5. The van der Waals surface area contributed by atoms with E-state index in [1.165, 1.54) is 23.0 Å². The lowest BCUT2D eigenvalue weighted by Gasteiger charge is -2.29. The van der Waals surface area contributed by atoms with Gasteiger partial charge in [-0.2, -0.15) is 0 Å². The molecule has 2 unspecified atom stereocenters. The number of ether oxygens (including phenoxy) is 1. The first-order chi connectivity index (χ1) is 17.7. The van der Waals surface area contributed by atoms with Gasteiger partial charge in [-0.3, -0.25) is 14.5 Å². The SMILES string of the molecule is CC(SOc1cccc(OCC(N)C(=O)O)c1)C1CCC(C#CN2Cc3ccc(O)c(F)c3C2=O)CC1. The van der Waals surface area contributed by atoms with Crippen LogP contribution in [0.25, 0.3) is 0 Å². The molecule has 1 amide bonds. The van der Waals surface area contributed by atoms with E-state index in [2.05, 4.69) is 18.9 Å². The number of nitrogens with zero attached hydrogens (tertiary/aromatic N) is 1. The maximum absolute atomic E-state index is 14.1. The van der Waals surface area contributed by atoms with Crippen LogP contribution >= 0.6 is 12.0 Å². The number of halogens is 1. The van der Waals surface area contributed by atoms with Crippen molar-refractivity contribution in [1.82, 2.24) is 4.90 Å². The van der Waals surface area contributed by atoms with Crippen molar-refractivity contribution in [2.45, 2.75) is 50.4 Å². The Hall–Kier alpha value is -3.42. The van der Waals surface area contributed by atoms with Crippen molar-refractivity contribution >= 4 is 23.9 Å². The quantitative estimate of drug-likeness (QED) is 0.345. The van der Waals surface area contributed by atoms with Crippen molar-refractivity contribution in [3.05, 3.63) is 53.3 Å². The smallest absolute Gasteiger partial charge is 0.324 e. The predicted molar refractivity (Wildman–Crippen MR) is 136 cm³/mol. The number of nitrogens with two attached hydrogens (primary N) is 1. The monoisotopic (exact) mass is 528 g/mol. The molecule has 1 aliphatic heterocycles. The molecule has 37 heavy (non-hydrogen) atoms. The number of carboxylic acid groups (broad SMARTS) is 1. The second-order valence-electron chi connectivity index (χ2n) is 9.31. The maximum Gasteiger partial charge on any atom is 0.324 e. The lowest BCUT2D eigenvalue weighted by molar-refractivity contribution is -0.139. The van der Waals surface area contributed by atoms with Crippen molar-refractivity contribution in [3.8, 4) is 29.2 Å². The zero-order valence-electron chi connectivity index (χ0n) is 20.4. The molecule has 0 radical (unpaired) electrons. The number of carboxylic acids is 1. The molecule has 1 heterocycles. The Labute approximate surface area is 219 Å². The normalized spacial score (nSPS) is 20.4. The lowest BCUT2D eigenvalue weighted by atomic mass is 9.81. The van der Waals surface area contributed by atoms with Gasteiger partial charge in [0.15, 0.2) is 11.6 Å². The zero-order valence-corrected chi connectivity index (χ0v) is 21.2. The van der Waals surface area contributed by atoms with Crippen LogP contribution < -0.4 is 14.7 Å². The van der Waals surface area contributed by atoms with Crippen LogP contribution in [0.3, 0.4) is 0 Å². The number of hydrogen-bond acceptors (Lipinski definition) is 7. The van der Waals surface area contributed by atoms with Crippen LogP contribution in [0.5, 0.6) is 17.2 Å². The van der Waals surface area contributed by atoms with Gasteiger partial charge in [-0.05, 0) is 62.3 Å². The van der Waals surface area contributed by atoms with E-state index >= 15 is 0 Å². The van der Waals surface area contributed by atoms with Gasteiger partial charge in [-0.15, -0.1) is 0 Å². The van der Waals surface area contributed by atoms with E-state index in [-0.39, 0.29) is 29.9 Å². The van der Waals surface area contributed by atoms with Crippen molar-refractivity contribution in [3.63, 3.8) is 0 Å². The molecule has 2 aliphatic rings. The third kappa shape index (κ3) is 6.48. The molecule has 2 aromatic carbocycles. The Morgan fingerprint density at radius 2 is 1.97 bits per heavy atom. The Morgan fingerprint density at radius 1 is 1.24 bits per heavy atom. The minimum atomic E-state index is -1.12. The largest absolute Gasteiger partial charge is 0.505 e. The molecule has 0 bridgehead atoms. The minimum absolute atomic E-state index is 0.0928. The molecule has 1 aliphatic carbocycles. The average molecular weight is 529 g/mol. The third-order valence-corrected chi connectivity index (χ3v) is 7.66. The fourth-order valence-corrected chi connectivity index (χ4v) is 5.22. The summed E-state index contributed by atoms with van der Waals surface area (Å²) in [6.45, 7) is 2.21. The number of rotatable bonds is 8. The molecule has 2 aromatic rings. The summed E-state index contributed by atoms with van der Waals surface area (Å²) in [6, 6.07) is 11.6. The molecular formula is C27H29FN2O6S. The summed E-state index contributed by atoms with van der Waals surface area (Å²) in [5.74, 6) is 1.85. The summed E-state index contributed by atoms with van der Waals surface area (Å²) in [4.78, 5) is 24.7. The predicted octanol–water partition coefficient (Wildman–Crippen LogP) is 4.16. The molecule has 0 aromatic heterocycles. The number of fused-ring (bicyclic) bond motifs is 1. The number of phenolic OH excluding ortho intramolecular Hbond substituents is 1. The van der Waals surface area contributed by atoms with Gasteiger partial charge in [0.2, 0.25) is 0 Å². The highest BCUT2D eigenvalue weighted by Crippen LogP contribution is 2.36. The summed E-state index contributed by atoms with van der Waals surface area (Å²) >= 11 is 1.39. The van der Waals surface area contributed by atoms with Crippen LogP contribution in [0.2, 0.25) is 0 Å². The number of aromatic hydroxyl groups is 1. The number of amides is 1. The van der Waals surface area contributed by atoms with E-state index in [1.807, 2.05) is 0 Å². The molecule has 1 saturated carbocycles. The molecule has 8 nitrogen and oxygen atoms in total. The standard InChI is InChI=1S/C27H29FN2O6S/c1-16(37-36-21-4-2-3-20(13-21)35-15-22(29)27(33)34)18-7-5-17(6-8-18)11-12-30-14-19-9-10-23(31)25(28)24(19)26(30)32/h2-4,9-10,13,16-18,22,31H,5-8,14-15,29H2,1H3,(H,33,34). The second-order valence-corrected chi connectivity index (χ2v) is 10.4. The van der Waals surface area contributed by atoms with Crippen LogP contribution in [0.4, 0.5) is 4.39 Å². The molecular weight excluding hydrogens is 499 g/mol. The molecule has 196 valence electrons. The van der Waals surface area contributed by atoms with Crippen LogP contribution in [-0.4, -0.2) is 44.9 Å². The lowest BCUT2D eigenvalue weighted by Crippen LogP contribution is -2.36. The van der Waals surface area contributed by atoms with E-state index in [1.54, 1.807) is 30.3 Å². The Balaban J connectivity index is 1.23. The molecule has 0 spiro atoms. The van der Waals surface area contributed by atoms with Crippen molar-refractivity contribution in [2.75, 3.05) is 6.61 Å². The third-order valence-electron chi connectivity index (χ3n) is 6.68. The van der Waals surface area contributed by atoms with Gasteiger partial charge >= 0.3 is 5.97 Å². The van der Waals surface area contributed by atoms with Gasteiger partial charge in [0.1, 0.15) is 24.1 Å². The number of carbonyl (C=O) groups is 2. The number of aliphatic carboxylic acids is 1. The second kappa shape index (κ2) is 11.8. The van der Waals surface area contributed by atoms with Gasteiger partial charge in [0.05, 0.1) is 24.2 Å². The Bertz CT molecular complexity index is 1220. The Kier molecular flexibility index (Phi) is 8.46. The van der Waals surface area contributed by atoms with Crippen LogP contribution in [0.15, 0.2) is 36.4 Å².